The smallest absolute Gasteiger partial charge is 0.372 e. The van der Waals surface area contributed by atoms with Crippen molar-refractivity contribution >= 4 is 11.8 Å². The lowest BCUT2D eigenvalue weighted by Crippen LogP contribution is -2.38. The first-order chi connectivity index (χ1) is 12.1. The average molecular weight is 352 g/mol. The summed E-state index contributed by atoms with van der Waals surface area (Å²) in [6, 6.07) is 0. The van der Waals surface area contributed by atoms with Gasteiger partial charge in [-0.15, -0.1) is 0 Å². The maximum absolute atomic E-state index is 12.0. The van der Waals surface area contributed by atoms with Crippen LogP contribution >= 0.6 is 0 Å². The number of aliphatic carboxylic acids is 1. The number of hydrogen-bond acceptors (Lipinski definition) is 3. The quantitative estimate of drug-likeness (QED) is 0.277. The molecule has 1 aliphatic rings. The second kappa shape index (κ2) is 14.1. The maximum Gasteiger partial charge on any atom is 0.372 e. The van der Waals surface area contributed by atoms with E-state index in [-0.39, 0.29) is 5.92 Å². The van der Waals surface area contributed by atoms with E-state index in [4.69, 9.17) is 5.11 Å². The molecule has 1 aliphatic heterocycles. The van der Waals surface area contributed by atoms with Gasteiger partial charge in [0.2, 0.25) is 5.78 Å². The summed E-state index contributed by atoms with van der Waals surface area (Å²) in [6.07, 6.45) is 18.1. The molecule has 1 atom stereocenters. The molecule has 0 bridgehead atoms. The molecule has 0 aromatic carbocycles. The monoisotopic (exact) mass is 351 g/mol. The number of unbranched alkanes of at least 4 members (excludes halogenated alkanes) is 6. The number of likely N-dealkylation sites (tertiary alicyclic amines) is 1. The topological polar surface area (TPSA) is 57.6 Å². The molecular formula is C21H37NO3. The molecule has 0 saturated carbocycles. The van der Waals surface area contributed by atoms with Crippen molar-refractivity contribution in [1.29, 1.82) is 0 Å². The molecule has 4 nitrogen and oxygen atoms in total. The highest BCUT2D eigenvalue weighted by Gasteiger charge is 2.26. The van der Waals surface area contributed by atoms with Gasteiger partial charge in [-0.1, -0.05) is 51.2 Å². The maximum atomic E-state index is 12.0. The van der Waals surface area contributed by atoms with Crippen molar-refractivity contribution in [2.75, 3.05) is 19.6 Å². The van der Waals surface area contributed by atoms with Crippen molar-refractivity contribution in [2.45, 2.75) is 84.0 Å². The highest BCUT2D eigenvalue weighted by atomic mass is 16.4. The van der Waals surface area contributed by atoms with Crippen LogP contribution in [-0.2, 0) is 9.59 Å². The van der Waals surface area contributed by atoms with Crippen LogP contribution in [0.5, 0.6) is 0 Å². The van der Waals surface area contributed by atoms with Gasteiger partial charge >= 0.3 is 5.97 Å². The summed E-state index contributed by atoms with van der Waals surface area (Å²) < 4.78 is 0. The number of piperidine rings is 1. The van der Waals surface area contributed by atoms with E-state index in [0.29, 0.717) is 13.0 Å². The summed E-state index contributed by atoms with van der Waals surface area (Å²) in [5.74, 6) is -2.20. The van der Waals surface area contributed by atoms with E-state index in [0.717, 1.165) is 38.8 Å². The zero-order valence-electron chi connectivity index (χ0n) is 16.0. The number of allylic oxidation sites excluding steroid dienone is 2. The molecule has 0 aromatic heterocycles. The minimum Gasteiger partial charge on any atom is -0.475 e. The van der Waals surface area contributed by atoms with Gasteiger partial charge in [-0.3, -0.25) is 4.79 Å². The van der Waals surface area contributed by atoms with Crippen LogP contribution in [0.4, 0.5) is 0 Å². The molecule has 0 amide bonds. The van der Waals surface area contributed by atoms with E-state index in [9.17, 15) is 9.59 Å². The number of carbonyl (C=O) groups excluding carboxylic acids is 1. The van der Waals surface area contributed by atoms with Crippen LogP contribution in [0.15, 0.2) is 12.2 Å². The summed E-state index contributed by atoms with van der Waals surface area (Å²) in [4.78, 5) is 25.3. The molecule has 1 unspecified atom stereocenters. The summed E-state index contributed by atoms with van der Waals surface area (Å²) in [5, 5.41) is 9.07. The normalized spacial score (nSPS) is 17.0. The van der Waals surface area contributed by atoms with Crippen molar-refractivity contribution in [3.63, 3.8) is 0 Å². The van der Waals surface area contributed by atoms with Gasteiger partial charge in [0, 0.05) is 12.5 Å². The van der Waals surface area contributed by atoms with E-state index < -0.39 is 11.8 Å². The van der Waals surface area contributed by atoms with E-state index >= 15 is 0 Å². The third kappa shape index (κ3) is 10.4. The molecule has 0 aromatic rings. The Kier molecular flexibility index (Phi) is 12.3. The third-order valence-corrected chi connectivity index (χ3v) is 5.07. The van der Waals surface area contributed by atoms with Crippen molar-refractivity contribution in [1.82, 2.24) is 4.90 Å². The number of carboxylic acid groups (broad SMARTS) is 1. The van der Waals surface area contributed by atoms with Crippen LogP contribution in [0, 0.1) is 5.92 Å². The lowest BCUT2D eigenvalue weighted by Gasteiger charge is -2.29. The van der Waals surface area contributed by atoms with Gasteiger partial charge in [0.05, 0.1) is 0 Å². The fourth-order valence-electron chi connectivity index (χ4n) is 3.51. The first-order valence-corrected chi connectivity index (χ1v) is 10.3. The van der Waals surface area contributed by atoms with Gasteiger partial charge in [0.1, 0.15) is 0 Å². The Morgan fingerprint density at radius 1 is 0.960 bits per heavy atom. The number of ketones is 1. The molecule has 1 saturated heterocycles. The molecule has 1 heterocycles. The number of Topliss-reactive ketones (excluding diaryl/α,β-unsaturated/α-hetero) is 1. The molecule has 144 valence electrons. The molecule has 1 rings (SSSR count). The van der Waals surface area contributed by atoms with Crippen LogP contribution in [0.2, 0.25) is 0 Å². The second-order valence-electron chi connectivity index (χ2n) is 7.33. The van der Waals surface area contributed by atoms with Crippen LogP contribution in [0.3, 0.4) is 0 Å². The SMILES string of the molecule is CCCCC/C=C/CCCCCC(CN1CCCCC1)C(=O)C(=O)O. The highest BCUT2D eigenvalue weighted by molar-refractivity contribution is 6.33. The van der Waals surface area contributed by atoms with Crippen molar-refractivity contribution in [3.8, 4) is 0 Å². The zero-order chi connectivity index (χ0) is 18.3. The van der Waals surface area contributed by atoms with Gasteiger partial charge in [-0.05, 0) is 58.0 Å². The predicted octanol–water partition coefficient (Wildman–Crippen LogP) is 4.83. The lowest BCUT2D eigenvalue weighted by molar-refractivity contribution is -0.151. The van der Waals surface area contributed by atoms with Crippen LogP contribution in [0.25, 0.3) is 0 Å². The molecule has 0 radical (unpaired) electrons. The third-order valence-electron chi connectivity index (χ3n) is 5.07. The van der Waals surface area contributed by atoms with Crippen molar-refractivity contribution in [3.05, 3.63) is 12.2 Å². The Morgan fingerprint density at radius 3 is 2.20 bits per heavy atom. The summed E-state index contributed by atoms with van der Waals surface area (Å²) in [6.45, 7) is 4.86. The molecule has 4 heteroatoms. The Hall–Kier alpha value is -1.16. The van der Waals surface area contributed by atoms with E-state index in [1.807, 2.05) is 0 Å². The Balaban J connectivity index is 2.21. The van der Waals surface area contributed by atoms with E-state index in [2.05, 4.69) is 24.0 Å². The van der Waals surface area contributed by atoms with Gasteiger partial charge in [-0.25, -0.2) is 4.79 Å². The van der Waals surface area contributed by atoms with Gasteiger partial charge < -0.3 is 10.0 Å². The summed E-state index contributed by atoms with van der Waals surface area (Å²) in [5.41, 5.74) is 0. The number of hydrogen-bond donors (Lipinski definition) is 1. The average Bonchev–Trinajstić information content (AvgIpc) is 2.62. The van der Waals surface area contributed by atoms with E-state index in [1.165, 1.54) is 44.9 Å². The largest absolute Gasteiger partial charge is 0.475 e. The lowest BCUT2D eigenvalue weighted by atomic mass is 9.94. The van der Waals surface area contributed by atoms with Gasteiger partial charge in [0.15, 0.2) is 0 Å². The first kappa shape index (κ1) is 21.9. The number of carbonyl (C=O) groups is 2. The van der Waals surface area contributed by atoms with Crippen LogP contribution in [0.1, 0.15) is 84.0 Å². The Bertz CT molecular complexity index is 400. The summed E-state index contributed by atoms with van der Waals surface area (Å²) >= 11 is 0. The first-order valence-electron chi connectivity index (χ1n) is 10.3. The minimum absolute atomic E-state index is 0.333. The molecule has 0 aliphatic carbocycles. The minimum atomic E-state index is -1.27. The fraction of sp³-hybridized carbons (Fsp3) is 0.810. The van der Waals surface area contributed by atoms with Crippen LogP contribution in [-0.4, -0.2) is 41.4 Å². The van der Waals surface area contributed by atoms with Crippen molar-refractivity contribution < 1.29 is 14.7 Å². The van der Waals surface area contributed by atoms with Crippen LogP contribution < -0.4 is 0 Å². The van der Waals surface area contributed by atoms with Crippen molar-refractivity contribution in [2.24, 2.45) is 5.92 Å². The molecule has 1 fully saturated rings. The Morgan fingerprint density at radius 2 is 1.60 bits per heavy atom. The standard InChI is InChI=1S/C21H37NO3/c1-2-3-4-5-6-7-8-9-10-12-15-19(20(23)21(24)25)18-22-16-13-11-14-17-22/h6-7,19H,2-5,8-18H2,1H3,(H,24,25)/b7-6+. The van der Waals surface area contributed by atoms with Gasteiger partial charge in [-0.2, -0.15) is 0 Å². The molecule has 25 heavy (non-hydrogen) atoms. The summed E-state index contributed by atoms with van der Waals surface area (Å²) in [7, 11) is 0. The predicted molar refractivity (Wildman–Crippen MR) is 103 cm³/mol. The molecular weight excluding hydrogens is 314 g/mol. The number of rotatable bonds is 14. The highest BCUT2D eigenvalue weighted by Crippen LogP contribution is 2.17. The molecule has 0 spiro atoms. The second-order valence-corrected chi connectivity index (χ2v) is 7.33. The number of nitrogens with zero attached hydrogens (tertiary/aromatic N) is 1. The fourth-order valence-corrected chi connectivity index (χ4v) is 3.51. The molecule has 1 N–H and O–H groups in total. The zero-order valence-corrected chi connectivity index (χ0v) is 16.0. The Labute approximate surface area is 153 Å². The number of carboxylic acids is 1. The van der Waals surface area contributed by atoms with Gasteiger partial charge in [0.25, 0.3) is 0 Å². The van der Waals surface area contributed by atoms with E-state index in [1.54, 1.807) is 0 Å².